The zero-order valence-electron chi connectivity index (χ0n) is 9.17. The number of pyridine rings is 1. The number of aryl methyl sites for hydroxylation is 1. The van der Waals surface area contributed by atoms with E-state index >= 15 is 0 Å². The van der Waals surface area contributed by atoms with E-state index in [4.69, 9.17) is 5.84 Å². The maximum absolute atomic E-state index is 5.53. The number of hydrogen-bond donors (Lipinski definition) is 2. The van der Waals surface area contributed by atoms with Crippen LogP contribution in [0.2, 0.25) is 0 Å². The summed E-state index contributed by atoms with van der Waals surface area (Å²) in [5.74, 6) is 5.53. The second-order valence-electron chi connectivity index (χ2n) is 3.66. The standard InChI is InChI=1S/C11H15N5/c1-16-7-5-9(15-16)8-11(14-12)10-4-2-3-6-13-10/h2-7,11,14H,8,12H2,1H3. The Kier molecular flexibility index (Phi) is 3.28. The van der Waals surface area contributed by atoms with Crippen LogP contribution in [-0.4, -0.2) is 14.8 Å². The van der Waals surface area contributed by atoms with Crippen LogP contribution in [0.25, 0.3) is 0 Å². The molecule has 2 aromatic heterocycles. The van der Waals surface area contributed by atoms with Crippen LogP contribution in [0.15, 0.2) is 36.7 Å². The van der Waals surface area contributed by atoms with Gasteiger partial charge in [-0.2, -0.15) is 5.10 Å². The van der Waals surface area contributed by atoms with Crippen molar-refractivity contribution >= 4 is 0 Å². The van der Waals surface area contributed by atoms with Gasteiger partial charge in [-0.05, 0) is 18.2 Å². The first-order chi connectivity index (χ1) is 7.79. The van der Waals surface area contributed by atoms with Crippen LogP contribution in [0.4, 0.5) is 0 Å². The van der Waals surface area contributed by atoms with Gasteiger partial charge in [-0.1, -0.05) is 6.07 Å². The van der Waals surface area contributed by atoms with E-state index in [2.05, 4.69) is 15.5 Å². The number of nitrogens with one attached hydrogen (secondary N) is 1. The van der Waals surface area contributed by atoms with E-state index in [0.717, 1.165) is 17.8 Å². The second-order valence-corrected chi connectivity index (χ2v) is 3.66. The van der Waals surface area contributed by atoms with Crippen LogP contribution in [0, 0.1) is 0 Å². The Morgan fingerprint density at radius 2 is 2.31 bits per heavy atom. The molecule has 0 aromatic carbocycles. The van der Waals surface area contributed by atoms with Crippen LogP contribution in [-0.2, 0) is 13.5 Å². The highest BCUT2D eigenvalue weighted by Gasteiger charge is 2.12. The van der Waals surface area contributed by atoms with E-state index in [1.165, 1.54) is 0 Å². The molecular formula is C11H15N5. The number of nitrogens with zero attached hydrogens (tertiary/aromatic N) is 3. The molecule has 0 aliphatic carbocycles. The summed E-state index contributed by atoms with van der Waals surface area (Å²) in [6, 6.07) is 7.76. The highest BCUT2D eigenvalue weighted by Crippen LogP contribution is 2.13. The van der Waals surface area contributed by atoms with Crippen molar-refractivity contribution in [2.75, 3.05) is 0 Å². The van der Waals surface area contributed by atoms with Gasteiger partial charge in [0.25, 0.3) is 0 Å². The largest absolute Gasteiger partial charge is 0.276 e. The minimum absolute atomic E-state index is 0.00361. The van der Waals surface area contributed by atoms with Gasteiger partial charge in [-0.3, -0.25) is 20.9 Å². The SMILES string of the molecule is Cn1ccc(CC(NN)c2ccccn2)n1. The summed E-state index contributed by atoms with van der Waals surface area (Å²) in [5, 5.41) is 4.32. The molecule has 0 amide bonds. The fourth-order valence-corrected chi connectivity index (χ4v) is 1.61. The molecule has 84 valence electrons. The van der Waals surface area contributed by atoms with Crippen molar-refractivity contribution in [3.8, 4) is 0 Å². The van der Waals surface area contributed by atoms with E-state index in [1.54, 1.807) is 10.9 Å². The van der Waals surface area contributed by atoms with E-state index < -0.39 is 0 Å². The third-order valence-corrected chi connectivity index (χ3v) is 2.43. The van der Waals surface area contributed by atoms with Gasteiger partial charge in [0.1, 0.15) is 0 Å². The Balaban J connectivity index is 2.12. The predicted octanol–water partition coefficient (Wildman–Crippen LogP) is 0.562. The fraction of sp³-hybridized carbons (Fsp3) is 0.273. The van der Waals surface area contributed by atoms with Crippen LogP contribution in [0.1, 0.15) is 17.4 Å². The van der Waals surface area contributed by atoms with Crippen LogP contribution in [0.3, 0.4) is 0 Å². The lowest BCUT2D eigenvalue weighted by atomic mass is 10.1. The first-order valence-corrected chi connectivity index (χ1v) is 5.15. The number of hydrazine groups is 1. The molecule has 2 rings (SSSR count). The molecule has 0 fully saturated rings. The molecule has 0 saturated carbocycles. The first-order valence-electron chi connectivity index (χ1n) is 5.15. The summed E-state index contributed by atoms with van der Waals surface area (Å²) in [7, 11) is 1.90. The average molecular weight is 217 g/mol. The Labute approximate surface area is 94.3 Å². The van der Waals surface area contributed by atoms with Crippen molar-refractivity contribution in [1.82, 2.24) is 20.2 Å². The van der Waals surface area contributed by atoms with E-state index in [1.807, 2.05) is 37.5 Å². The topological polar surface area (TPSA) is 68.8 Å². The minimum atomic E-state index is -0.00361. The van der Waals surface area contributed by atoms with Gasteiger partial charge in [0, 0.05) is 25.9 Å². The first kappa shape index (κ1) is 10.8. The minimum Gasteiger partial charge on any atom is -0.276 e. The zero-order chi connectivity index (χ0) is 11.4. The number of hydrogen-bond acceptors (Lipinski definition) is 4. The lowest BCUT2D eigenvalue weighted by molar-refractivity contribution is 0.529. The number of aromatic nitrogens is 3. The predicted molar refractivity (Wildman–Crippen MR) is 61.2 cm³/mol. The molecule has 0 spiro atoms. The van der Waals surface area contributed by atoms with Gasteiger partial charge in [-0.25, -0.2) is 0 Å². The van der Waals surface area contributed by atoms with Gasteiger partial charge in [-0.15, -0.1) is 0 Å². The Hall–Kier alpha value is -1.72. The monoisotopic (exact) mass is 217 g/mol. The molecule has 0 aliphatic heterocycles. The molecule has 0 radical (unpaired) electrons. The lowest BCUT2D eigenvalue weighted by Gasteiger charge is -2.13. The third kappa shape index (κ3) is 2.44. The third-order valence-electron chi connectivity index (χ3n) is 2.43. The van der Waals surface area contributed by atoms with E-state index in [-0.39, 0.29) is 6.04 Å². The Morgan fingerprint density at radius 1 is 1.44 bits per heavy atom. The van der Waals surface area contributed by atoms with Gasteiger partial charge >= 0.3 is 0 Å². The molecule has 16 heavy (non-hydrogen) atoms. The highest BCUT2D eigenvalue weighted by molar-refractivity contribution is 5.12. The molecule has 5 heteroatoms. The summed E-state index contributed by atoms with van der Waals surface area (Å²) in [4.78, 5) is 4.28. The highest BCUT2D eigenvalue weighted by atomic mass is 15.3. The van der Waals surface area contributed by atoms with Crippen LogP contribution in [0.5, 0.6) is 0 Å². The Bertz CT molecular complexity index is 437. The van der Waals surface area contributed by atoms with Crippen molar-refractivity contribution in [2.24, 2.45) is 12.9 Å². The van der Waals surface area contributed by atoms with Gasteiger partial charge in [0.15, 0.2) is 0 Å². The van der Waals surface area contributed by atoms with Crippen molar-refractivity contribution in [1.29, 1.82) is 0 Å². The van der Waals surface area contributed by atoms with Crippen molar-refractivity contribution in [3.05, 3.63) is 48.0 Å². The number of nitrogens with two attached hydrogens (primary N) is 1. The lowest BCUT2D eigenvalue weighted by Crippen LogP contribution is -2.30. The molecule has 0 aliphatic rings. The molecule has 2 aromatic rings. The quantitative estimate of drug-likeness (QED) is 0.580. The average Bonchev–Trinajstić information content (AvgIpc) is 2.73. The molecule has 3 N–H and O–H groups in total. The number of rotatable bonds is 4. The molecule has 0 bridgehead atoms. The summed E-state index contributed by atoms with van der Waals surface area (Å²) in [5.41, 5.74) is 4.69. The Morgan fingerprint density at radius 3 is 2.88 bits per heavy atom. The molecule has 0 saturated heterocycles. The van der Waals surface area contributed by atoms with Crippen LogP contribution < -0.4 is 11.3 Å². The van der Waals surface area contributed by atoms with Gasteiger partial charge in [0.2, 0.25) is 0 Å². The van der Waals surface area contributed by atoms with Crippen molar-refractivity contribution in [3.63, 3.8) is 0 Å². The molecule has 1 atom stereocenters. The summed E-state index contributed by atoms with van der Waals surface area (Å²) < 4.78 is 1.78. The summed E-state index contributed by atoms with van der Waals surface area (Å²) >= 11 is 0. The smallest absolute Gasteiger partial charge is 0.0688 e. The second kappa shape index (κ2) is 4.87. The maximum atomic E-state index is 5.53. The normalized spacial score (nSPS) is 12.6. The molecule has 5 nitrogen and oxygen atoms in total. The van der Waals surface area contributed by atoms with Gasteiger partial charge < -0.3 is 0 Å². The maximum Gasteiger partial charge on any atom is 0.0688 e. The van der Waals surface area contributed by atoms with Crippen LogP contribution >= 0.6 is 0 Å². The summed E-state index contributed by atoms with van der Waals surface area (Å²) in [6.45, 7) is 0. The molecule has 1 unspecified atom stereocenters. The van der Waals surface area contributed by atoms with Crippen molar-refractivity contribution < 1.29 is 0 Å². The van der Waals surface area contributed by atoms with Gasteiger partial charge in [0.05, 0.1) is 17.4 Å². The summed E-state index contributed by atoms with van der Waals surface area (Å²) in [6.07, 6.45) is 4.41. The fourth-order valence-electron chi connectivity index (χ4n) is 1.61. The van der Waals surface area contributed by atoms with E-state index in [0.29, 0.717) is 0 Å². The molecular weight excluding hydrogens is 202 g/mol. The van der Waals surface area contributed by atoms with Crippen molar-refractivity contribution in [2.45, 2.75) is 12.5 Å². The van der Waals surface area contributed by atoms with E-state index in [9.17, 15) is 0 Å². The molecule has 2 heterocycles. The zero-order valence-corrected chi connectivity index (χ0v) is 9.17.